The fourth-order valence-corrected chi connectivity index (χ4v) is 3.33. The van der Waals surface area contributed by atoms with Gasteiger partial charge in [-0.15, -0.1) is 0 Å². The molecular weight excluding hydrogens is 311 g/mol. The topological polar surface area (TPSA) is 9.23 Å². The van der Waals surface area contributed by atoms with Gasteiger partial charge in [-0.2, -0.15) is 0 Å². The fourth-order valence-electron chi connectivity index (χ4n) is 3.33. The lowest BCUT2D eigenvalue weighted by Gasteiger charge is -2.04. The van der Waals surface area contributed by atoms with Gasteiger partial charge in [-0.25, -0.2) is 0 Å². The molecule has 0 aliphatic carbocycles. The zero-order chi connectivity index (χ0) is 18.3. The van der Waals surface area contributed by atoms with Gasteiger partial charge in [0.15, 0.2) is 0 Å². The molecular formula is C23H47FO. The standard InChI is InChI=1S/C23H47FO/c1-2-3-19-22-25-23-20-17-15-13-11-9-7-5-4-6-8-10-12-14-16-18-21-24/h2-23H2,1H3. The van der Waals surface area contributed by atoms with Crippen molar-refractivity contribution in [3.05, 3.63) is 0 Å². The van der Waals surface area contributed by atoms with Crippen molar-refractivity contribution in [3.63, 3.8) is 0 Å². The summed E-state index contributed by atoms with van der Waals surface area (Å²) < 4.78 is 17.6. The summed E-state index contributed by atoms with van der Waals surface area (Å²) in [6, 6.07) is 0. The normalized spacial score (nSPS) is 11.3. The summed E-state index contributed by atoms with van der Waals surface area (Å²) in [4.78, 5) is 0. The van der Waals surface area contributed by atoms with Gasteiger partial charge in [0.2, 0.25) is 0 Å². The first-order valence-corrected chi connectivity index (χ1v) is 11.6. The number of hydrogen-bond donors (Lipinski definition) is 0. The van der Waals surface area contributed by atoms with Gasteiger partial charge in [0.1, 0.15) is 0 Å². The minimum Gasteiger partial charge on any atom is -0.381 e. The van der Waals surface area contributed by atoms with Crippen molar-refractivity contribution < 1.29 is 9.13 Å². The van der Waals surface area contributed by atoms with Crippen molar-refractivity contribution in [2.45, 2.75) is 129 Å². The molecule has 0 atom stereocenters. The van der Waals surface area contributed by atoms with Crippen LogP contribution in [0.15, 0.2) is 0 Å². The summed E-state index contributed by atoms with van der Waals surface area (Å²) in [5.41, 5.74) is 0. The van der Waals surface area contributed by atoms with Crippen molar-refractivity contribution in [2.24, 2.45) is 0 Å². The van der Waals surface area contributed by atoms with Gasteiger partial charge in [-0.3, -0.25) is 4.39 Å². The molecule has 0 aromatic heterocycles. The first-order valence-electron chi connectivity index (χ1n) is 11.6. The van der Waals surface area contributed by atoms with E-state index in [9.17, 15) is 4.39 Å². The molecule has 0 radical (unpaired) electrons. The Morgan fingerprint density at radius 1 is 0.440 bits per heavy atom. The van der Waals surface area contributed by atoms with Crippen LogP contribution in [0.25, 0.3) is 0 Å². The highest BCUT2D eigenvalue weighted by Crippen LogP contribution is 2.13. The van der Waals surface area contributed by atoms with Crippen LogP contribution in [0, 0.1) is 0 Å². The molecule has 0 aromatic rings. The van der Waals surface area contributed by atoms with Crippen LogP contribution in [0.2, 0.25) is 0 Å². The third-order valence-electron chi connectivity index (χ3n) is 5.06. The van der Waals surface area contributed by atoms with E-state index in [-0.39, 0.29) is 6.67 Å². The molecule has 0 fully saturated rings. The molecule has 0 aliphatic rings. The molecule has 0 saturated carbocycles. The maximum absolute atomic E-state index is 11.9. The highest BCUT2D eigenvalue weighted by atomic mass is 19.1. The average molecular weight is 359 g/mol. The average Bonchev–Trinajstić information content (AvgIpc) is 2.63. The molecule has 0 unspecified atom stereocenters. The fraction of sp³-hybridized carbons (Fsp3) is 1.00. The lowest BCUT2D eigenvalue weighted by atomic mass is 10.0. The van der Waals surface area contributed by atoms with Crippen LogP contribution in [0.3, 0.4) is 0 Å². The predicted octanol–water partition coefficient (Wildman–Crippen LogP) is 8.40. The third-order valence-corrected chi connectivity index (χ3v) is 5.06. The summed E-state index contributed by atoms with van der Waals surface area (Å²) in [7, 11) is 0. The minimum atomic E-state index is -0.131. The van der Waals surface area contributed by atoms with Gasteiger partial charge in [0, 0.05) is 13.2 Å². The Hall–Kier alpha value is -0.110. The van der Waals surface area contributed by atoms with Crippen molar-refractivity contribution in [3.8, 4) is 0 Å². The molecule has 1 nitrogen and oxygen atoms in total. The largest absolute Gasteiger partial charge is 0.381 e. The highest BCUT2D eigenvalue weighted by Gasteiger charge is 1.95. The van der Waals surface area contributed by atoms with Crippen LogP contribution < -0.4 is 0 Å². The molecule has 0 amide bonds. The molecule has 0 aromatic carbocycles. The highest BCUT2D eigenvalue weighted by molar-refractivity contribution is 4.50. The number of unbranched alkanes of at least 4 members (excludes halogenated alkanes) is 17. The van der Waals surface area contributed by atoms with Crippen LogP contribution in [-0.2, 0) is 4.74 Å². The number of hydrogen-bond acceptors (Lipinski definition) is 1. The van der Waals surface area contributed by atoms with Gasteiger partial charge >= 0.3 is 0 Å². The summed E-state index contributed by atoms with van der Waals surface area (Å²) in [6.45, 7) is 4.04. The Labute approximate surface area is 158 Å². The van der Waals surface area contributed by atoms with Gasteiger partial charge in [0.05, 0.1) is 6.67 Å². The maximum Gasteiger partial charge on any atom is 0.0894 e. The van der Waals surface area contributed by atoms with E-state index in [0.29, 0.717) is 0 Å². The van der Waals surface area contributed by atoms with E-state index in [1.54, 1.807) is 0 Å². The lowest BCUT2D eigenvalue weighted by Crippen LogP contribution is -1.96. The van der Waals surface area contributed by atoms with Gasteiger partial charge < -0.3 is 4.74 Å². The van der Waals surface area contributed by atoms with Crippen LogP contribution in [0.4, 0.5) is 4.39 Å². The molecule has 25 heavy (non-hydrogen) atoms. The second-order valence-corrected chi connectivity index (χ2v) is 7.67. The van der Waals surface area contributed by atoms with Gasteiger partial charge in [-0.1, -0.05) is 110 Å². The van der Waals surface area contributed by atoms with E-state index >= 15 is 0 Å². The first kappa shape index (κ1) is 24.9. The number of rotatable bonds is 22. The van der Waals surface area contributed by atoms with Crippen LogP contribution >= 0.6 is 0 Å². The Kier molecular flexibility index (Phi) is 23.8. The number of alkyl halides is 1. The summed E-state index contributed by atoms with van der Waals surface area (Å²) in [6.07, 6.45) is 24.9. The van der Waals surface area contributed by atoms with Crippen LogP contribution in [0.5, 0.6) is 0 Å². The number of ether oxygens (including phenoxy) is 1. The predicted molar refractivity (Wildman–Crippen MR) is 110 cm³/mol. The Morgan fingerprint density at radius 3 is 1.12 bits per heavy atom. The Bertz CT molecular complexity index is 198. The summed E-state index contributed by atoms with van der Waals surface area (Å²) in [5.74, 6) is 0. The van der Waals surface area contributed by atoms with Crippen LogP contribution in [0.1, 0.15) is 129 Å². The van der Waals surface area contributed by atoms with E-state index in [0.717, 1.165) is 26.1 Å². The van der Waals surface area contributed by atoms with Gasteiger partial charge in [-0.05, 0) is 19.3 Å². The van der Waals surface area contributed by atoms with Crippen LogP contribution in [-0.4, -0.2) is 19.9 Å². The molecule has 0 rings (SSSR count). The SMILES string of the molecule is CCCCCOCCCCCCCCCCCCCCCCCCF. The molecule has 2 heteroatoms. The minimum absolute atomic E-state index is 0.131. The molecule has 0 heterocycles. The zero-order valence-corrected chi connectivity index (χ0v) is 17.3. The second kappa shape index (κ2) is 23.9. The summed E-state index contributed by atoms with van der Waals surface area (Å²) >= 11 is 0. The van der Waals surface area contributed by atoms with Crippen molar-refractivity contribution >= 4 is 0 Å². The van der Waals surface area contributed by atoms with E-state index in [1.807, 2.05) is 0 Å². The van der Waals surface area contributed by atoms with E-state index < -0.39 is 0 Å². The zero-order valence-electron chi connectivity index (χ0n) is 17.3. The monoisotopic (exact) mass is 358 g/mol. The Morgan fingerprint density at radius 2 is 0.760 bits per heavy atom. The van der Waals surface area contributed by atoms with Crippen molar-refractivity contribution in [1.82, 2.24) is 0 Å². The van der Waals surface area contributed by atoms with Gasteiger partial charge in [0.25, 0.3) is 0 Å². The second-order valence-electron chi connectivity index (χ2n) is 7.67. The quantitative estimate of drug-likeness (QED) is 0.176. The lowest BCUT2D eigenvalue weighted by molar-refractivity contribution is 0.126. The summed E-state index contributed by atoms with van der Waals surface area (Å²) in [5, 5.41) is 0. The van der Waals surface area contributed by atoms with Crippen molar-refractivity contribution in [2.75, 3.05) is 19.9 Å². The van der Waals surface area contributed by atoms with E-state index in [1.165, 1.54) is 109 Å². The molecule has 0 spiro atoms. The smallest absolute Gasteiger partial charge is 0.0894 e. The maximum atomic E-state index is 11.9. The Balaban J connectivity index is 2.94. The third kappa shape index (κ3) is 23.9. The first-order chi connectivity index (χ1) is 12.4. The molecule has 0 bridgehead atoms. The van der Waals surface area contributed by atoms with E-state index in [2.05, 4.69) is 6.92 Å². The number of halogens is 1. The molecule has 0 N–H and O–H groups in total. The molecule has 0 saturated heterocycles. The van der Waals surface area contributed by atoms with Crippen molar-refractivity contribution in [1.29, 1.82) is 0 Å². The molecule has 152 valence electrons. The molecule has 0 aliphatic heterocycles. The van der Waals surface area contributed by atoms with E-state index in [4.69, 9.17) is 4.74 Å².